The van der Waals surface area contributed by atoms with Crippen LogP contribution in [0.3, 0.4) is 0 Å². The highest BCUT2D eigenvalue weighted by Gasteiger charge is 2.65. The molecule has 9 atom stereocenters. The summed E-state index contributed by atoms with van der Waals surface area (Å²) < 4.78 is 0. The van der Waals surface area contributed by atoms with Gasteiger partial charge in [-0.15, -0.1) is 0 Å². The quantitative estimate of drug-likeness (QED) is 0.410. The number of rotatable bonds is 5. The molecule has 0 bridgehead atoms. The van der Waals surface area contributed by atoms with Gasteiger partial charge in [-0.2, -0.15) is 0 Å². The van der Waals surface area contributed by atoms with Crippen molar-refractivity contribution in [2.24, 2.45) is 45.3 Å². The third-order valence-electron chi connectivity index (χ3n) is 12.3. The van der Waals surface area contributed by atoms with Gasteiger partial charge in [-0.05, 0) is 117 Å². The van der Waals surface area contributed by atoms with E-state index in [0.29, 0.717) is 40.9 Å². The maximum Gasteiger partial charge on any atom is 0.0849 e. The van der Waals surface area contributed by atoms with Crippen LogP contribution < -0.4 is 0 Å². The van der Waals surface area contributed by atoms with Crippen LogP contribution in [-0.2, 0) is 0 Å². The van der Waals surface area contributed by atoms with Crippen LogP contribution in [0, 0.1) is 45.3 Å². The maximum absolute atomic E-state index is 10.8. The molecule has 0 amide bonds. The van der Waals surface area contributed by atoms with Crippen LogP contribution in [0.15, 0.2) is 11.6 Å². The summed E-state index contributed by atoms with van der Waals surface area (Å²) in [5.74, 6) is 2.47. The third-order valence-corrected chi connectivity index (χ3v) is 12.3. The smallest absolute Gasteiger partial charge is 0.0849 e. The fourth-order valence-electron chi connectivity index (χ4n) is 9.65. The average molecular weight is 461 g/mol. The van der Waals surface area contributed by atoms with Crippen molar-refractivity contribution in [3.05, 3.63) is 11.6 Å². The zero-order valence-corrected chi connectivity index (χ0v) is 22.7. The van der Waals surface area contributed by atoms with E-state index in [1.54, 1.807) is 19.4 Å². The minimum atomic E-state index is -1.02. The van der Waals surface area contributed by atoms with Gasteiger partial charge in [0, 0.05) is 0 Å². The van der Waals surface area contributed by atoms with Crippen molar-refractivity contribution in [2.75, 3.05) is 0 Å². The highest BCUT2D eigenvalue weighted by atomic mass is 16.3. The highest BCUT2D eigenvalue weighted by Crippen LogP contribution is 2.73. The summed E-state index contributed by atoms with van der Waals surface area (Å²) in [7, 11) is 0. The largest absolute Gasteiger partial charge is 0.393 e. The van der Waals surface area contributed by atoms with E-state index in [9.17, 15) is 15.3 Å². The van der Waals surface area contributed by atoms with E-state index in [2.05, 4.69) is 47.6 Å². The van der Waals surface area contributed by atoms with Gasteiger partial charge in [-0.25, -0.2) is 0 Å². The SMILES string of the molecule is C[C@H](CC[C@H](O)C(C)(C)O)[C@H]1CC[C@@]2(C)[C@@H]3CC[C@H]4C(C)(C)[C@@H](O)CC[C@]4(C)C3=CC[C@]12C. The molecule has 0 aromatic heterocycles. The number of aliphatic hydroxyl groups excluding tert-OH is 2. The molecule has 0 saturated heterocycles. The fourth-order valence-corrected chi connectivity index (χ4v) is 9.65. The van der Waals surface area contributed by atoms with E-state index < -0.39 is 11.7 Å². The summed E-state index contributed by atoms with van der Waals surface area (Å²) in [5.41, 5.74) is 1.58. The molecule has 3 fully saturated rings. The Bertz CT molecular complexity index is 778. The molecule has 4 rings (SSSR count). The van der Waals surface area contributed by atoms with Crippen LogP contribution in [0.5, 0.6) is 0 Å². The standard InChI is InChI=1S/C30H52O3/c1-19(9-12-25(32)27(4,5)33)20-13-17-30(8)22-10-11-23-26(2,3)24(31)15-16-28(23,6)21(22)14-18-29(20,30)7/h14,19-20,22-25,31-33H,9-13,15-18H2,1-8H3/t19-,20-,22-,23+,24+,25+,28-,29-,30+/m1/s1. The molecular formula is C30H52O3. The lowest BCUT2D eigenvalue weighted by atomic mass is 9.41. The van der Waals surface area contributed by atoms with Crippen LogP contribution in [0.1, 0.15) is 113 Å². The molecule has 3 heteroatoms. The molecule has 0 aromatic carbocycles. The van der Waals surface area contributed by atoms with Crippen LogP contribution >= 0.6 is 0 Å². The Morgan fingerprint density at radius 1 is 0.970 bits per heavy atom. The fraction of sp³-hybridized carbons (Fsp3) is 0.933. The zero-order valence-electron chi connectivity index (χ0n) is 22.7. The van der Waals surface area contributed by atoms with E-state index >= 15 is 0 Å². The van der Waals surface area contributed by atoms with Crippen molar-refractivity contribution in [3.8, 4) is 0 Å². The first-order chi connectivity index (χ1) is 15.1. The molecule has 0 unspecified atom stereocenters. The van der Waals surface area contributed by atoms with Crippen LogP contribution in [-0.4, -0.2) is 33.1 Å². The van der Waals surface area contributed by atoms with Gasteiger partial charge in [0.15, 0.2) is 0 Å². The van der Waals surface area contributed by atoms with E-state index in [0.717, 1.165) is 19.3 Å². The van der Waals surface area contributed by atoms with E-state index in [-0.39, 0.29) is 16.9 Å². The molecule has 0 aromatic rings. The molecule has 0 spiro atoms. The minimum absolute atomic E-state index is 0.00545. The predicted molar refractivity (Wildman–Crippen MR) is 136 cm³/mol. The molecule has 4 aliphatic rings. The molecule has 3 nitrogen and oxygen atoms in total. The number of allylic oxidation sites excluding steroid dienone is 2. The topological polar surface area (TPSA) is 60.7 Å². The molecule has 4 aliphatic carbocycles. The zero-order chi connectivity index (χ0) is 24.6. The van der Waals surface area contributed by atoms with Gasteiger partial charge in [0.2, 0.25) is 0 Å². The summed E-state index contributed by atoms with van der Waals surface area (Å²) in [4.78, 5) is 0. The highest BCUT2D eigenvalue weighted by molar-refractivity contribution is 5.32. The van der Waals surface area contributed by atoms with Crippen LogP contribution in [0.25, 0.3) is 0 Å². The Morgan fingerprint density at radius 2 is 1.64 bits per heavy atom. The third kappa shape index (κ3) is 3.70. The van der Waals surface area contributed by atoms with Crippen LogP contribution in [0.4, 0.5) is 0 Å². The van der Waals surface area contributed by atoms with Crippen molar-refractivity contribution in [3.63, 3.8) is 0 Å². The molecule has 0 aliphatic heterocycles. The van der Waals surface area contributed by atoms with Gasteiger partial charge in [0.25, 0.3) is 0 Å². The second kappa shape index (κ2) is 8.07. The van der Waals surface area contributed by atoms with E-state index in [1.807, 2.05) is 0 Å². The Kier molecular flexibility index (Phi) is 6.28. The van der Waals surface area contributed by atoms with Crippen molar-refractivity contribution in [1.29, 1.82) is 0 Å². The van der Waals surface area contributed by atoms with Crippen molar-refractivity contribution >= 4 is 0 Å². The molecule has 3 N–H and O–H groups in total. The van der Waals surface area contributed by atoms with Crippen molar-refractivity contribution in [1.82, 2.24) is 0 Å². The average Bonchev–Trinajstić information content (AvgIpc) is 3.00. The molecule has 0 radical (unpaired) electrons. The summed E-state index contributed by atoms with van der Waals surface area (Å²) >= 11 is 0. The van der Waals surface area contributed by atoms with Gasteiger partial charge >= 0.3 is 0 Å². The van der Waals surface area contributed by atoms with Crippen molar-refractivity contribution < 1.29 is 15.3 Å². The Labute approximate surface area is 203 Å². The lowest BCUT2D eigenvalue weighted by Gasteiger charge is -2.64. The summed E-state index contributed by atoms with van der Waals surface area (Å²) in [6.45, 7) is 18.1. The second-order valence-corrected chi connectivity index (χ2v) is 14.5. The van der Waals surface area contributed by atoms with E-state index in [1.165, 1.54) is 32.1 Å². The van der Waals surface area contributed by atoms with Crippen molar-refractivity contribution in [2.45, 2.75) is 131 Å². The normalized spacial score (nSPS) is 46.6. The van der Waals surface area contributed by atoms with Crippen LogP contribution in [0.2, 0.25) is 0 Å². The summed E-state index contributed by atoms with van der Waals surface area (Å²) in [6.07, 6.45) is 11.8. The number of hydrogen-bond donors (Lipinski definition) is 3. The second-order valence-electron chi connectivity index (χ2n) is 14.5. The number of hydrogen-bond acceptors (Lipinski definition) is 3. The number of fused-ring (bicyclic) bond motifs is 5. The maximum atomic E-state index is 10.8. The van der Waals surface area contributed by atoms with E-state index in [4.69, 9.17) is 0 Å². The first kappa shape index (κ1) is 25.7. The monoisotopic (exact) mass is 460 g/mol. The first-order valence-corrected chi connectivity index (χ1v) is 13.9. The molecule has 33 heavy (non-hydrogen) atoms. The Balaban J connectivity index is 1.59. The van der Waals surface area contributed by atoms with Gasteiger partial charge in [-0.3, -0.25) is 0 Å². The minimum Gasteiger partial charge on any atom is -0.393 e. The molecular weight excluding hydrogens is 408 g/mol. The Morgan fingerprint density at radius 3 is 2.27 bits per heavy atom. The summed E-state index contributed by atoms with van der Waals surface area (Å²) in [6, 6.07) is 0. The van der Waals surface area contributed by atoms with Gasteiger partial charge in [0.05, 0.1) is 17.8 Å². The van der Waals surface area contributed by atoms with Gasteiger partial charge in [0.1, 0.15) is 0 Å². The summed E-state index contributed by atoms with van der Waals surface area (Å²) in [5, 5.41) is 31.4. The molecule has 190 valence electrons. The van der Waals surface area contributed by atoms with Gasteiger partial charge in [-0.1, -0.05) is 53.2 Å². The molecule has 3 saturated carbocycles. The first-order valence-electron chi connectivity index (χ1n) is 13.9. The number of aliphatic hydroxyl groups is 3. The van der Waals surface area contributed by atoms with Gasteiger partial charge < -0.3 is 15.3 Å². The lowest BCUT2D eigenvalue weighted by molar-refractivity contribution is -0.118. The molecule has 0 heterocycles. The lowest BCUT2D eigenvalue weighted by Crippen LogP contribution is -2.57. The predicted octanol–water partition coefficient (Wildman–Crippen LogP) is 6.50. The Hall–Kier alpha value is -0.380.